The van der Waals surface area contributed by atoms with Gasteiger partial charge in [0.05, 0.1) is 19.3 Å². The van der Waals surface area contributed by atoms with Gasteiger partial charge in [-0.1, -0.05) is 30.3 Å². The van der Waals surface area contributed by atoms with Gasteiger partial charge in [0, 0.05) is 6.54 Å². The molecule has 0 bridgehead atoms. The molecule has 1 aliphatic heterocycles. The standard InChI is InChI=1S/C11H15NO2/c13-8-10-11(14-7-6-12-10)9-4-2-1-3-5-9/h1-5,10-13H,6-8H2. The zero-order valence-electron chi connectivity index (χ0n) is 8.02. The van der Waals surface area contributed by atoms with E-state index >= 15 is 0 Å². The second-order valence-electron chi connectivity index (χ2n) is 3.45. The highest BCUT2D eigenvalue weighted by Crippen LogP contribution is 2.22. The molecule has 3 heteroatoms. The maximum absolute atomic E-state index is 9.18. The number of morpholine rings is 1. The molecule has 0 aliphatic carbocycles. The molecule has 0 spiro atoms. The molecule has 2 N–H and O–H groups in total. The predicted molar refractivity (Wildman–Crippen MR) is 54.0 cm³/mol. The van der Waals surface area contributed by atoms with E-state index < -0.39 is 0 Å². The van der Waals surface area contributed by atoms with E-state index in [4.69, 9.17) is 4.74 Å². The van der Waals surface area contributed by atoms with Crippen molar-refractivity contribution < 1.29 is 9.84 Å². The summed E-state index contributed by atoms with van der Waals surface area (Å²) in [6, 6.07) is 10.0. The van der Waals surface area contributed by atoms with Gasteiger partial charge in [0.2, 0.25) is 0 Å². The summed E-state index contributed by atoms with van der Waals surface area (Å²) >= 11 is 0. The van der Waals surface area contributed by atoms with Crippen molar-refractivity contribution in [2.24, 2.45) is 0 Å². The molecular weight excluding hydrogens is 178 g/mol. The van der Waals surface area contributed by atoms with Crippen molar-refractivity contribution >= 4 is 0 Å². The van der Waals surface area contributed by atoms with E-state index in [1.165, 1.54) is 0 Å². The predicted octanol–water partition coefficient (Wildman–Crippen LogP) is 0.708. The average molecular weight is 193 g/mol. The fourth-order valence-corrected chi connectivity index (χ4v) is 1.78. The van der Waals surface area contributed by atoms with Gasteiger partial charge in [-0.05, 0) is 5.56 Å². The Kier molecular flexibility index (Phi) is 3.14. The van der Waals surface area contributed by atoms with E-state index in [9.17, 15) is 5.11 Å². The van der Waals surface area contributed by atoms with Crippen LogP contribution in [0.2, 0.25) is 0 Å². The summed E-state index contributed by atoms with van der Waals surface area (Å²) in [5.74, 6) is 0. The first-order chi connectivity index (χ1) is 6.92. The Bertz CT molecular complexity index is 276. The number of nitrogens with one attached hydrogen (secondary N) is 1. The minimum Gasteiger partial charge on any atom is -0.395 e. The number of ether oxygens (including phenoxy) is 1. The molecule has 1 heterocycles. The fourth-order valence-electron chi connectivity index (χ4n) is 1.78. The van der Waals surface area contributed by atoms with Crippen LogP contribution in [0.5, 0.6) is 0 Å². The van der Waals surface area contributed by atoms with Crippen LogP contribution in [0.3, 0.4) is 0 Å². The Balaban J connectivity index is 2.15. The molecule has 1 saturated heterocycles. The first-order valence-corrected chi connectivity index (χ1v) is 4.92. The molecule has 1 aromatic carbocycles. The lowest BCUT2D eigenvalue weighted by molar-refractivity contribution is -0.0210. The van der Waals surface area contributed by atoms with Gasteiger partial charge in [-0.25, -0.2) is 0 Å². The Hall–Kier alpha value is -0.900. The number of aliphatic hydroxyl groups excluding tert-OH is 1. The molecule has 2 atom stereocenters. The topological polar surface area (TPSA) is 41.5 Å². The van der Waals surface area contributed by atoms with Crippen molar-refractivity contribution in [1.82, 2.24) is 5.32 Å². The zero-order chi connectivity index (χ0) is 9.80. The molecule has 0 aromatic heterocycles. The minimum atomic E-state index is -0.0186. The largest absolute Gasteiger partial charge is 0.395 e. The van der Waals surface area contributed by atoms with Gasteiger partial charge in [0.15, 0.2) is 0 Å². The van der Waals surface area contributed by atoms with Crippen molar-refractivity contribution in [1.29, 1.82) is 0 Å². The third-order valence-electron chi connectivity index (χ3n) is 2.50. The van der Waals surface area contributed by atoms with E-state index in [1.807, 2.05) is 30.3 Å². The molecule has 0 saturated carbocycles. The number of hydrogen-bond acceptors (Lipinski definition) is 3. The van der Waals surface area contributed by atoms with Crippen LogP contribution in [0, 0.1) is 0 Å². The molecule has 0 radical (unpaired) electrons. The molecule has 76 valence electrons. The van der Waals surface area contributed by atoms with Crippen LogP contribution >= 0.6 is 0 Å². The van der Waals surface area contributed by atoms with Crippen LogP contribution in [-0.2, 0) is 4.74 Å². The van der Waals surface area contributed by atoms with Crippen LogP contribution in [0.15, 0.2) is 30.3 Å². The van der Waals surface area contributed by atoms with Crippen molar-refractivity contribution in [2.75, 3.05) is 19.8 Å². The molecule has 0 amide bonds. The van der Waals surface area contributed by atoms with Gasteiger partial charge in [-0.3, -0.25) is 0 Å². The molecular formula is C11H15NO2. The monoisotopic (exact) mass is 193 g/mol. The maximum Gasteiger partial charge on any atom is 0.100 e. The molecule has 1 aliphatic rings. The minimum absolute atomic E-state index is 0.0186. The third kappa shape index (κ3) is 1.95. The lowest BCUT2D eigenvalue weighted by Gasteiger charge is -2.31. The summed E-state index contributed by atoms with van der Waals surface area (Å²) in [4.78, 5) is 0. The molecule has 1 fully saturated rings. The average Bonchev–Trinajstić information content (AvgIpc) is 2.30. The van der Waals surface area contributed by atoms with Crippen molar-refractivity contribution in [3.05, 3.63) is 35.9 Å². The normalized spacial score (nSPS) is 27.5. The Labute approximate surface area is 83.7 Å². The highest BCUT2D eigenvalue weighted by atomic mass is 16.5. The summed E-state index contributed by atoms with van der Waals surface area (Å²) in [5.41, 5.74) is 1.12. The van der Waals surface area contributed by atoms with E-state index in [2.05, 4.69) is 5.32 Å². The number of benzene rings is 1. The number of rotatable bonds is 2. The summed E-state index contributed by atoms with van der Waals surface area (Å²) in [6.45, 7) is 1.63. The van der Waals surface area contributed by atoms with Crippen molar-refractivity contribution in [2.45, 2.75) is 12.1 Å². The third-order valence-corrected chi connectivity index (χ3v) is 2.50. The molecule has 14 heavy (non-hydrogen) atoms. The van der Waals surface area contributed by atoms with E-state index in [1.54, 1.807) is 0 Å². The Morgan fingerprint density at radius 1 is 1.36 bits per heavy atom. The Morgan fingerprint density at radius 3 is 2.86 bits per heavy atom. The first-order valence-electron chi connectivity index (χ1n) is 4.92. The highest BCUT2D eigenvalue weighted by molar-refractivity contribution is 5.19. The fraction of sp³-hybridized carbons (Fsp3) is 0.455. The zero-order valence-corrected chi connectivity index (χ0v) is 8.02. The summed E-state index contributed by atoms with van der Waals surface area (Å²) < 4.78 is 5.64. The van der Waals surface area contributed by atoms with Crippen LogP contribution in [0.4, 0.5) is 0 Å². The summed E-state index contributed by atoms with van der Waals surface area (Å²) in [7, 11) is 0. The van der Waals surface area contributed by atoms with Gasteiger partial charge in [0.1, 0.15) is 6.10 Å². The highest BCUT2D eigenvalue weighted by Gasteiger charge is 2.25. The first kappa shape index (κ1) is 9.65. The van der Waals surface area contributed by atoms with Crippen molar-refractivity contribution in [3.8, 4) is 0 Å². The maximum atomic E-state index is 9.18. The SMILES string of the molecule is OCC1NCCOC1c1ccccc1. The van der Waals surface area contributed by atoms with Gasteiger partial charge in [0.25, 0.3) is 0 Å². The Morgan fingerprint density at radius 2 is 2.14 bits per heavy atom. The van der Waals surface area contributed by atoms with Crippen LogP contribution in [-0.4, -0.2) is 30.9 Å². The van der Waals surface area contributed by atoms with E-state index in [-0.39, 0.29) is 18.8 Å². The van der Waals surface area contributed by atoms with E-state index in [0.29, 0.717) is 6.61 Å². The van der Waals surface area contributed by atoms with Gasteiger partial charge < -0.3 is 15.2 Å². The van der Waals surface area contributed by atoms with Gasteiger partial charge >= 0.3 is 0 Å². The quantitative estimate of drug-likeness (QED) is 0.726. The summed E-state index contributed by atoms with van der Waals surface area (Å²) in [5, 5.41) is 12.4. The second kappa shape index (κ2) is 4.55. The van der Waals surface area contributed by atoms with Gasteiger partial charge in [-0.15, -0.1) is 0 Å². The molecule has 2 unspecified atom stereocenters. The van der Waals surface area contributed by atoms with E-state index in [0.717, 1.165) is 12.1 Å². The van der Waals surface area contributed by atoms with Crippen LogP contribution in [0.25, 0.3) is 0 Å². The smallest absolute Gasteiger partial charge is 0.100 e. The number of aliphatic hydroxyl groups is 1. The van der Waals surface area contributed by atoms with Crippen molar-refractivity contribution in [3.63, 3.8) is 0 Å². The molecule has 2 rings (SSSR count). The van der Waals surface area contributed by atoms with Crippen LogP contribution in [0.1, 0.15) is 11.7 Å². The van der Waals surface area contributed by atoms with Crippen LogP contribution < -0.4 is 5.32 Å². The lowest BCUT2D eigenvalue weighted by atomic mass is 10.0. The van der Waals surface area contributed by atoms with Gasteiger partial charge in [-0.2, -0.15) is 0 Å². The second-order valence-corrected chi connectivity index (χ2v) is 3.45. The lowest BCUT2D eigenvalue weighted by Crippen LogP contribution is -2.45. The summed E-state index contributed by atoms with van der Waals surface area (Å²) in [6.07, 6.45) is -0.0186. The number of hydrogen-bond donors (Lipinski definition) is 2. The molecule has 3 nitrogen and oxygen atoms in total. The molecule has 1 aromatic rings.